The van der Waals surface area contributed by atoms with E-state index in [9.17, 15) is 0 Å². The summed E-state index contributed by atoms with van der Waals surface area (Å²) < 4.78 is 12.2. The molecule has 0 bridgehead atoms. The maximum atomic E-state index is 6.19. The highest BCUT2D eigenvalue weighted by molar-refractivity contribution is 5.86. The molecule has 0 N–H and O–H groups in total. The second-order valence-electron chi connectivity index (χ2n) is 14.0. The average molecular weight is 723 g/mol. The first-order chi connectivity index (χ1) is 27.5. The van der Waals surface area contributed by atoms with Gasteiger partial charge < -0.3 is 8.83 Å². The molecule has 4 heterocycles. The molecular formula is C50H34N4O2. The van der Waals surface area contributed by atoms with Gasteiger partial charge in [-0.15, -0.1) is 0 Å². The Kier molecular flexibility index (Phi) is 8.15. The summed E-state index contributed by atoms with van der Waals surface area (Å²) in [5.41, 5.74) is 17.6. The molecule has 0 fully saturated rings. The molecule has 0 unspecified atom stereocenters. The van der Waals surface area contributed by atoms with Gasteiger partial charge >= 0.3 is 0 Å². The van der Waals surface area contributed by atoms with Gasteiger partial charge in [-0.1, -0.05) is 103 Å². The van der Waals surface area contributed by atoms with E-state index in [-0.39, 0.29) is 0 Å². The predicted molar refractivity (Wildman–Crippen MR) is 225 cm³/mol. The quantitative estimate of drug-likeness (QED) is 0.163. The third kappa shape index (κ3) is 6.13. The molecule has 0 radical (unpaired) electrons. The summed E-state index contributed by atoms with van der Waals surface area (Å²) in [5, 5.41) is 0. The van der Waals surface area contributed by atoms with Crippen molar-refractivity contribution in [3.05, 3.63) is 181 Å². The van der Waals surface area contributed by atoms with E-state index in [2.05, 4.69) is 145 Å². The third-order valence-corrected chi connectivity index (χ3v) is 10.3. The molecule has 10 aromatic rings. The van der Waals surface area contributed by atoms with Crippen molar-refractivity contribution in [2.24, 2.45) is 0 Å². The Balaban J connectivity index is 0.941. The van der Waals surface area contributed by atoms with Gasteiger partial charge in [-0.25, -0.2) is 15.0 Å². The number of rotatable bonds is 7. The Morgan fingerprint density at radius 3 is 1.55 bits per heavy atom. The predicted octanol–water partition coefficient (Wildman–Crippen LogP) is 13.0. The Morgan fingerprint density at radius 1 is 0.393 bits per heavy atom. The molecule has 0 atom stereocenters. The molecule has 0 aliphatic heterocycles. The van der Waals surface area contributed by atoms with Gasteiger partial charge in [0.15, 0.2) is 11.2 Å². The zero-order chi connectivity index (χ0) is 37.6. The van der Waals surface area contributed by atoms with Crippen LogP contribution in [0.5, 0.6) is 0 Å². The van der Waals surface area contributed by atoms with E-state index in [1.165, 1.54) is 0 Å². The molecule has 0 saturated carbocycles. The molecule has 0 aliphatic rings. The average Bonchev–Trinajstić information content (AvgIpc) is 3.92. The lowest BCUT2D eigenvalue weighted by molar-refractivity contribution is 0.617. The van der Waals surface area contributed by atoms with Gasteiger partial charge in [0.25, 0.3) is 0 Å². The fourth-order valence-corrected chi connectivity index (χ4v) is 7.22. The Morgan fingerprint density at radius 2 is 0.946 bits per heavy atom. The van der Waals surface area contributed by atoms with Gasteiger partial charge in [0.2, 0.25) is 11.8 Å². The summed E-state index contributed by atoms with van der Waals surface area (Å²) in [6, 6.07) is 56.1. The molecule has 10 rings (SSSR count). The number of pyridine rings is 2. The Labute approximate surface area is 323 Å². The fraction of sp³-hybridized carbons (Fsp3) is 0.0400. The minimum absolute atomic E-state index is 0.618. The topological polar surface area (TPSA) is 77.8 Å². The highest BCUT2D eigenvalue weighted by Gasteiger charge is 2.15. The second-order valence-corrected chi connectivity index (χ2v) is 14.0. The monoisotopic (exact) mass is 722 g/mol. The van der Waals surface area contributed by atoms with Gasteiger partial charge in [-0.05, 0) is 113 Å². The van der Waals surface area contributed by atoms with E-state index >= 15 is 0 Å². The summed E-state index contributed by atoms with van der Waals surface area (Å²) in [7, 11) is 0. The zero-order valence-corrected chi connectivity index (χ0v) is 30.8. The van der Waals surface area contributed by atoms with E-state index in [0.29, 0.717) is 11.8 Å². The van der Waals surface area contributed by atoms with Crippen molar-refractivity contribution in [2.45, 2.75) is 13.8 Å². The van der Waals surface area contributed by atoms with Crippen LogP contribution in [0.15, 0.2) is 179 Å². The Hall–Kier alpha value is -7.44. The molecule has 0 spiro atoms. The van der Waals surface area contributed by atoms with Gasteiger partial charge in [0, 0.05) is 28.5 Å². The first kappa shape index (κ1) is 33.2. The maximum absolute atomic E-state index is 6.19. The summed E-state index contributed by atoms with van der Waals surface area (Å²) in [5.74, 6) is 1.25. The van der Waals surface area contributed by atoms with E-state index < -0.39 is 0 Å². The molecule has 56 heavy (non-hydrogen) atoms. The minimum Gasteiger partial charge on any atom is -0.436 e. The molecular weight excluding hydrogens is 689 g/mol. The van der Waals surface area contributed by atoms with Crippen LogP contribution in [0.2, 0.25) is 0 Å². The maximum Gasteiger partial charge on any atom is 0.227 e. The minimum atomic E-state index is 0.618. The van der Waals surface area contributed by atoms with Gasteiger partial charge in [0.1, 0.15) is 11.0 Å². The van der Waals surface area contributed by atoms with Crippen LogP contribution in [0.25, 0.3) is 101 Å². The standard InChI is InChI=1S/C50H34N4O2/c1-31-10-11-32(2)48-46(31)54-50(56-48)40-26-18-35(19-27-40)33-12-20-37(21-13-33)41-28-29-43(42-7-5-6-30-51-42)52-47(41)38-22-14-34(15-23-38)36-16-24-39(25-17-36)49-53-44-8-3-4-9-45(44)55-49/h3-30H,1-2H3. The molecule has 6 nitrogen and oxygen atoms in total. The molecule has 4 aromatic heterocycles. The van der Waals surface area contributed by atoms with Gasteiger partial charge in [-0.3, -0.25) is 4.98 Å². The summed E-state index contributed by atoms with van der Waals surface area (Å²) >= 11 is 0. The number of benzene rings is 6. The molecule has 0 amide bonds. The number of aryl methyl sites for hydroxylation is 2. The lowest BCUT2D eigenvalue weighted by Gasteiger charge is -2.13. The number of fused-ring (bicyclic) bond motifs is 2. The number of nitrogens with zero attached hydrogens (tertiary/aromatic N) is 4. The van der Waals surface area contributed by atoms with Gasteiger partial charge in [0.05, 0.1) is 17.1 Å². The lowest BCUT2D eigenvalue weighted by Crippen LogP contribution is -1.94. The van der Waals surface area contributed by atoms with Crippen molar-refractivity contribution in [2.75, 3.05) is 0 Å². The van der Waals surface area contributed by atoms with Crippen molar-refractivity contribution in [1.82, 2.24) is 19.9 Å². The first-order valence-corrected chi connectivity index (χ1v) is 18.6. The van der Waals surface area contributed by atoms with E-state index in [1.54, 1.807) is 6.20 Å². The molecule has 0 aliphatic carbocycles. The number of para-hydroxylation sites is 2. The van der Waals surface area contributed by atoms with Crippen LogP contribution >= 0.6 is 0 Å². The highest BCUT2D eigenvalue weighted by atomic mass is 16.4. The smallest absolute Gasteiger partial charge is 0.227 e. The van der Waals surface area contributed by atoms with Crippen molar-refractivity contribution in [3.8, 4) is 78.9 Å². The molecule has 6 heteroatoms. The molecule has 266 valence electrons. The van der Waals surface area contributed by atoms with Crippen LogP contribution in [-0.2, 0) is 0 Å². The number of oxazole rings is 2. The molecule has 0 saturated heterocycles. The van der Waals surface area contributed by atoms with Crippen LogP contribution in [0, 0.1) is 13.8 Å². The largest absolute Gasteiger partial charge is 0.436 e. The number of hydrogen-bond acceptors (Lipinski definition) is 6. The van der Waals surface area contributed by atoms with E-state index in [4.69, 9.17) is 18.8 Å². The zero-order valence-electron chi connectivity index (χ0n) is 30.8. The van der Waals surface area contributed by atoms with Crippen LogP contribution in [0.1, 0.15) is 11.1 Å². The van der Waals surface area contributed by atoms with Crippen LogP contribution in [-0.4, -0.2) is 19.9 Å². The second kappa shape index (κ2) is 13.8. The van der Waals surface area contributed by atoms with Crippen LogP contribution in [0.3, 0.4) is 0 Å². The fourth-order valence-electron chi connectivity index (χ4n) is 7.22. The van der Waals surface area contributed by atoms with E-state index in [1.807, 2.05) is 42.5 Å². The first-order valence-electron chi connectivity index (χ1n) is 18.6. The van der Waals surface area contributed by atoms with Crippen molar-refractivity contribution in [3.63, 3.8) is 0 Å². The van der Waals surface area contributed by atoms with Crippen LogP contribution in [0.4, 0.5) is 0 Å². The lowest BCUT2D eigenvalue weighted by atomic mass is 9.95. The van der Waals surface area contributed by atoms with Crippen molar-refractivity contribution < 1.29 is 8.83 Å². The number of hydrogen-bond donors (Lipinski definition) is 0. The van der Waals surface area contributed by atoms with Crippen molar-refractivity contribution >= 4 is 22.2 Å². The number of aromatic nitrogens is 4. The van der Waals surface area contributed by atoms with Gasteiger partial charge in [-0.2, -0.15) is 0 Å². The summed E-state index contributed by atoms with van der Waals surface area (Å²) in [4.78, 5) is 19.3. The highest BCUT2D eigenvalue weighted by Crippen LogP contribution is 2.36. The van der Waals surface area contributed by atoms with E-state index in [0.717, 1.165) is 100 Å². The Bertz CT molecular complexity index is 2930. The summed E-state index contributed by atoms with van der Waals surface area (Å²) in [6.07, 6.45) is 1.80. The van der Waals surface area contributed by atoms with Crippen LogP contribution < -0.4 is 0 Å². The third-order valence-electron chi connectivity index (χ3n) is 10.3. The SMILES string of the molecule is Cc1ccc(C)c2oc(-c3ccc(-c4ccc(-c5ccc(-c6ccccn6)nc5-c5ccc(-c6ccc(-c7nc8ccccc8o7)cc6)cc5)cc4)cc3)nc12. The normalized spacial score (nSPS) is 11.4. The summed E-state index contributed by atoms with van der Waals surface area (Å²) in [6.45, 7) is 4.12. The molecule has 6 aromatic carbocycles. The van der Waals surface area contributed by atoms with Crippen molar-refractivity contribution in [1.29, 1.82) is 0 Å².